The van der Waals surface area contributed by atoms with E-state index in [1.807, 2.05) is 19.1 Å². The summed E-state index contributed by atoms with van der Waals surface area (Å²) < 4.78 is 0. The third-order valence-corrected chi connectivity index (χ3v) is 3.76. The Balaban J connectivity index is 2.13. The molecule has 2 N–H and O–H groups in total. The van der Waals surface area contributed by atoms with Gasteiger partial charge in [0, 0.05) is 11.4 Å². The molecule has 0 radical (unpaired) electrons. The second-order valence-electron chi connectivity index (χ2n) is 4.63. The average Bonchev–Trinajstić information content (AvgIpc) is 2.29. The summed E-state index contributed by atoms with van der Waals surface area (Å²) in [6.45, 7) is 6.24. The van der Waals surface area contributed by atoms with Crippen LogP contribution in [0.25, 0.3) is 0 Å². The lowest BCUT2D eigenvalue weighted by molar-refractivity contribution is 1.07. The van der Waals surface area contributed by atoms with Gasteiger partial charge in [-0.3, -0.25) is 0 Å². The Morgan fingerprint density at radius 2 is 1.72 bits per heavy atom. The summed E-state index contributed by atoms with van der Waals surface area (Å²) in [5.41, 5.74) is 11.6. The van der Waals surface area contributed by atoms with Crippen LogP contribution in [0, 0.1) is 20.8 Å². The Morgan fingerprint density at radius 3 is 2.39 bits per heavy atom. The van der Waals surface area contributed by atoms with Crippen LogP contribution in [0.3, 0.4) is 0 Å². The maximum absolute atomic E-state index is 5.93. The molecule has 3 heteroatoms. The molecule has 18 heavy (non-hydrogen) atoms. The number of pyridine rings is 1. The molecule has 0 fully saturated rings. The lowest BCUT2D eigenvalue weighted by atomic mass is 10.1. The summed E-state index contributed by atoms with van der Waals surface area (Å²) in [5, 5.41) is 0.925. The van der Waals surface area contributed by atoms with Gasteiger partial charge in [-0.1, -0.05) is 41.1 Å². The first-order valence-electron chi connectivity index (χ1n) is 5.97. The van der Waals surface area contributed by atoms with E-state index >= 15 is 0 Å². The topological polar surface area (TPSA) is 38.9 Å². The first-order chi connectivity index (χ1) is 8.54. The van der Waals surface area contributed by atoms with E-state index in [0.717, 1.165) is 22.2 Å². The van der Waals surface area contributed by atoms with E-state index in [9.17, 15) is 0 Å². The number of nitrogens with zero attached hydrogens (tertiary/aromatic N) is 1. The van der Waals surface area contributed by atoms with Crippen LogP contribution in [0.2, 0.25) is 0 Å². The van der Waals surface area contributed by atoms with Crippen molar-refractivity contribution < 1.29 is 0 Å². The molecule has 1 aromatic heterocycles. The number of nitrogens with two attached hydrogens (primary N) is 1. The molecule has 2 aromatic rings. The SMILES string of the molecule is Cc1cc(C)cc(CSc2nc(C)ccc2N)c1. The van der Waals surface area contributed by atoms with Crippen LogP contribution in [0.1, 0.15) is 22.4 Å². The summed E-state index contributed by atoms with van der Waals surface area (Å²) in [4.78, 5) is 4.47. The van der Waals surface area contributed by atoms with E-state index in [1.165, 1.54) is 16.7 Å². The smallest absolute Gasteiger partial charge is 0.120 e. The maximum Gasteiger partial charge on any atom is 0.120 e. The fourth-order valence-electron chi connectivity index (χ4n) is 1.96. The number of aryl methyl sites for hydroxylation is 3. The monoisotopic (exact) mass is 258 g/mol. The Morgan fingerprint density at radius 1 is 1.06 bits per heavy atom. The predicted molar refractivity (Wildman–Crippen MR) is 78.9 cm³/mol. The van der Waals surface area contributed by atoms with Gasteiger partial charge in [0.15, 0.2) is 0 Å². The van der Waals surface area contributed by atoms with E-state index in [0.29, 0.717) is 0 Å². The fraction of sp³-hybridized carbons (Fsp3) is 0.267. The molecule has 0 unspecified atom stereocenters. The van der Waals surface area contributed by atoms with E-state index in [2.05, 4.69) is 37.0 Å². The molecule has 0 atom stereocenters. The maximum atomic E-state index is 5.93. The quantitative estimate of drug-likeness (QED) is 0.849. The van der Waals surface area contributed by atoms with Crippen LogP contribution in [-0.4, -0.2) is 4.98 Å². The number of benzene rings is 1. The highest BCUT2D eigenvalue weighted by Crippen LogP contribution is 2.27. The number of rotatable bonds is 3. The number of thioether (sulfide) groups is 1. The molecule has 0 saturated carbocycles. The Labute approximate surface area is 113 Å². The third kappa shape index (κ3) is 3.26. The molecule has 0 aliphatic rings. The van der Waals surface area contributed by atoms with Crippen molar-refractivity contribution in [2.45, 2.75) is 31.6 Å². The Kier molecular flexibility index (Phi) is 3.92. The molecule has 0 bridgehead atoms. The molecular weight excluding hydrogens is 240 g/mol. The molecule has 1 aromatic carbocycles. The fourth-order valence-corrected chi connectivity index (χ4v) is 2.88. The van der Waals surface area contributed by atoms with Crippen LogP contribution in [0.4, 0.5) is 5.69 Å². The zero-order chi connectivity index (χ0) is 13.1. The van der Waals surface area contributed by atoms with Gasteiger partial charge in [-0.15, -0.1) is 0 Å². The molecule has 94 valence electrons. The predicted octanol–water partition coefficient (Wildman–Crippen LogP) is 3.88. The lowest BCUT2D eigenvalue weighted by Gasteiger charge is -2.07. The molecule has 1 heterocycles. The molecule has 0 aliphatic carbocycles. The summed E-state index contributed by atoms with van der Waals surface area (Å²) >= 11 is 1.70. The minimum Gasteiger partial charge on any atom is -0.397 e. The number of hydrogen-bond donors (Lipinski definition) is 1. The highest BCUT2D eigenvalue weighted by Gasteiger charge is 2.03. The molecular formula is C15H18N2S. The van der Waals surface area contributed by atoms with Gasteiger partial charge in [-0.25, -0.2) is 4.98 Å². The van der Waals surface area contributed by atoms with Crippen molar-refractivity contribution in [2.75, 3.05) is 5.73 Å². The van der Waals surface area contributed by atoms with Gasteiger partial charge in [0.1, 0.15) is 5.03 Å². The van der Waals surface area contributed by atoms with Crippen molar-refractivity contribution in [1.29, 1.82) is 0 Å². The lowest BCUT2D eigenvalue weighted by Crippen LogP contribution is -1.94. The van der Waals surface area contributed by atoms with Crippen molar-refractivity contribution in [3.63, 3.8) is 0 Å². The van der Waals surface area contributed by atoms with Gasteiger partial charge < -0.3 is 5.73 Å². The second kappa shape index (κ2) is 5.44. The third-order valence-electron chi connectivity index (χ3n) is 2.69. The molecule has 0 amide bonds. The standard InChI is InChI=1S/C15H18N2S/c1-10-6-11(2)8-13(7-10)9-18-15-14(16)5-4-12(3)17-15/h4-8H,9,16H2,1-3H3. The van der Waals surface area contributed by atoms with E-state index < -0.39 is 0 Å². The molecule has 2 nitrogen and oxygen atoms in total. The van der Waals surface area contributed by atoms with Gasteiger partial charge in [-0.05, 0) is 38.5 Å². The van der Waals surface area contributed by atoms with E-state index in [1.54, 1.807) is 11.8 Å². The first-order valence-corrected chi connectivity index (χ1v) is 6.96. The van der Waals surface area contributed by atoms with E-state index in [-0.39, 0.29) is 0 Å². The summed E-state index contributed by atoms with van der Waals surface area (Å²) in [5.74, 6) is 0.906. The van der Waals surface area contributed by atoms with Crippen molar-refractivity contribution >= 4 is 17.4 Å². The number of aromatic nitrogens is 1. The van der Waals surface area contributed by atoms with Crippen molar-refractivity contribution in [1.82, 2.24) is 4.98 Å². The van der Waals surface area contributed by atoms with Crippen molar-refractivity contribution in [3.05, 3.63) is 52.7 Å². The highest BCUT2D eigenvalue weighted by atomic mass is 32.2. The van der Waals surface area contributed by atoms with Gasteiger partial charge in [0.25, 0.3) is 0 Å². The van der Waals surface area contributed by atoms with Crippen LogP contribution in [0.15, 0.2) is 35.4 Å². The summed E-state index contributed by atoms with van der Waals surface area (Å²) in [6.07, 6.45) is 0. The van der Waals surface area contributed by atoms with Gasteiger partial charge >= 0.3 is 0 Å². The molecule has 0 spiro atoms. The van der Waals surface area contributed by atoms with E-state index in [4.69, 9.17) is 5.73 Å². The summed E-state index contributed by atoms with van der Waals surface area (Å²) in [6, 6.07) is 10.5. The molecule has 0 aliphatic heterocycles. The second-order valence-corrected chi connectivity index (χ2v) is 5.60. The molecule has 0 saturated heterocycles. The number of anilines is 1. The normalized spacial score (nSPS) is 10.6. The van der Waals surface area contributed by atoms with Crippen LogP contribution < -0.4 is 5.73 Å². The average molecular weight is 258 g/mol. The first kappa shape index (κ1) is 13.0. The minimum absolute atomic E-state index is 0.759. The minimum atomic E-state index is 0.759. The van der Waals surface area contributed by atoms with Crippen LogP contribution in [-0.2, 0) is 5.75 Å². The summed E-state index contributed by atoms with van der Waals surface area (Å²) in [7, 11) is 0. The highest BCUT2D eigenvalue weighted by molar-refractivity contribution is 7.98. The van der Waals surface area contributed by atoms with Crippen molar-refractivity contribution in [3.8, 4) is 0 Å². The zero-order valence-electron chi connectivity index (χ0n) is 11.0. The Hall–Kier alpha value is -1.48. The van der Waals surface area contributed by atoms with Crippen molar-refractivity contribution in [2.24, 2.45) is 0 Å². The van der Waals surface area contributed by atoms with Gasteiger partial charge in [-0.2, -0.15) is 0 Å². The van der Waals surface area contributed by atoms with Gasteiger partial charge in [0.05, 0.1) is 5.69 Å². The molecule has 2 rings (SSSR count). The largest absolute Gasteiger partial charge is 0.397 e. The van der Waals surface area contributed by atoms with Crippen LogP contribution >= 0.6 is 11.8 Å². The number of nitrogen functional groups attached to an aromatic ring is 1. The zero-order valence-corrected chi connectivity index (χ0v) is 11.8. The van der Waals surface area contributed by atoms with Gasteiger partial charge in [0.2, 0.25) is 0 Å². The Bertz CT molecular complexity index is 544. The number of hydrogen-bond acceptors (Lipinski definition) is 3. The van der Waals surface area contributed by atoms with Crippen LogP contribution in [0.5, 0.6) is 0 Å².